The van der Waals surface area contributed by atoms with Gasteiger partial charge < -0.3 is 28.4 Å². The molecule has 0 bridgehead atoms. The van der Waals surface area contributed by atoms with Gasteiger partial charge in [-0.1, -0.05) is 26.7 Å². The Bertz CT molecular complexity index is 429. The van der Waals surface area contributed by atoms with Gasteiger partial charge in [-0.2, -0.15) is 11.8 Å². The van der Waals surface area contributed by atoms with Crippen molar-refractivity contribution in [2.45, 2.75) is 105 Å². The van der Waals surface area contributed by atoms with Crippen molar-refractivity contribution in [3.05, 3.63) is 0 Å². The van der Waals surface area contributed by atoms with Crippen molar-refractivity contribution in [3.8, 4) is 0 Å². The Balaban J connectivity index is 0. The standard InChI is InChI=1S/C22H42O8S.Sn.2H/c1-7-9-13-25-17(3)27-19(5)29-21(23)11-15-31-16-12-22(24)30-20(6)28-18(4)26-14-10-8-2;;;/h17-20H,7-16H2,1-6H3;;;. The van der Waals surface area contributed by atoms with E-state index in [1.54, 1.807) is 27.7 Å². The topological polar surface area (TPSA) is 89.5 Å². The Kier molecular flexibility index (Phi) is 24.2. The van der Waals surface area contributed by atoms with Crippen LogP contribution in [0.4, 0.5) is 0 Å². The summed E-state index contributed by atoms with van der Waals surface area (Å²) in [7, 11) is 0. The summed E-state index contributed by atoms with van der Waals surface area (Å²) < 4.78 is 32.3. The van der Waals surface area contributed by atoms with Gasteiger partial charge in [0.05, 0.1) is 12.8 Å². The first-order valence-electron chi connectivity index (χ1n) is 11.3. The normalized spacial score (nSPS) is 14.7. The van der Waals surface area contributed by atoms with Gasteiger partial charge in [0.1, 0.15) is 0 Å². The molecule has 0 saturated heterocycles. The second-order valence-electron chi connectivity index (χ2n) is 7.08. The van der Waals surface area contributed by atoms with Gasteiger partial charge in [0, 0.05) is 24.7 Å². The van der Waals surface area contributed by atoms with Crippen molar-refractivity contribution in [2.75, 3.05) is 24.7 Å². The van der Waals surface area contributed by atoms with Gasteiger partial charge in [-0.05, 0) is 40.5 Å². The second-order valence-corrected chi connectivity index (χ2v) is 8.31. The number of thioether (sulfide) groups is 1. The third kappa shape index (κ3) is 21.8. The van der Waals surface area contributed by atoms with Crippen molar-refractivity contribution in [1.82, 2.24) is 0 Å². The van der Waals surface area contributed by atoms with Crippen LogP contribution in [0.25, 0.3) is 0 Å². The molecular formula is C22H44O8SSn. The Morgan fingerprint density at radius 3 is 1.41 bits per heavy atom. The molecule has 0 N–H and O–H groups in total. The molecule has 0 aromatic carbocycles. The summed E-state index contributed by atoms with van der Waals surface area (Å²) in [6.45, 7) is 12.3. The average Bonchev–Trinajstić information content (AvgIpc) is 2.67. The van der Waals surface area contributed by atoms with E-state index in [9.17, 15) is 9.59 Å². The van der Waals surface area contributed by atoms with Crippen LogP contribution < -0.4 is 0 Å². The van der Waals surface area contributed by atoms with E-state index in [0.29, 0.717) is 24.7 Å². The van der Waals surface area contributed by atoms with E-state index < -0.39 is 25.2 Å². The van der Waals surface area contributed by atoms with Gasteiger partial charge in [0.2, 0.25) is 12.6 Å². The molecule has 0 aliphatic carbocycles. The number of hydrogen-bond acceptors (Lipinski definition) is 9. The van der Waals surface area contributed by atoms with Crippen LogP contribution in [0.3, 0.4) is 0 Å². The molecule has 0 fully saturated rings. The predicted octanol–water partition coefficient (Wildman–Crippen LogP) is 3.72. The van der Waals surface area contributed by atoms with E-state index in [4.69, 9.17) is 28.4 Å². The quantitative estimate of drug-likeness (QED) is 0.0916. The van der Waals surface area contributed by atoms with Crippen LogP contribution in [-0.2, 0) is 38.0 Å². The summed E-state index contributed by atoms with van der Waals surface area (Å²) in [6.07, 6.45) is 2.32. The summed E-state index contributed by atoms with van der Waals surface area (Å²) in [5, 5.41) is 0. The molecule has 0 saturated carbocycles. The number of ether oxygens (including phenoxy) is 6. The van der Waals surface area contributed by atoms with Crippen molar-refractivity contribution < 1.29 is 38.0 Å². The molecule has 0 spiro atoms. The fourth-order valence-electron chi connectivity index (χ4n) is 2.36. The van der Waals surface area contributed by atoms with Gasteiger partial charge in [-0.15, -0.1) is 0 Å². The third-order valence-electron chi connectivity index (χ3n) is 3.96. The molecule has 0 aliphatic heterocycles. The van der Waals surface area contributed by atoms with Crippen LogP contribution in [0.2, 0.25) is 0 Å². The van der Waals surface area contributed by atoms with Crippen molar-refractivity contribution >= 4 is 47.6 Å². The molecule has 10 heteroatoms. The fourth-order valence-corrected chi connectivity index (χ4v) is 3.19. The molecule has 0 amide bonds. The summed E-state index contributed by atoms with van der Waals surface area (Å²) in [5.41, 5.74) is 0. The molecule has 4 atom stereocenters. The predicted molar refractivity (Wildman–Crippen MR) is 129 cm³/mol. The number of unbranched alkanes of at least 4 members (excludes halogenated alkanes) is 2. The monoisotopic (exact) mass is 588 g/mol. The van der Waals surface area contributed by atoms with Crippen LogP contribution in [-0.4, -0.2) is 85.7 Å². The zero-order valence-corrected chi connectivity index (χ0v) is 25.6. The van der Waals surface area contributed by atoms with E-state index in [1.165, 1.54) is 11.8 Å². The molecule has 0 rings (SSSR count). The summed E-state index contributed by atoms with van der Waals surface area (Å²) in [6, 6.07) is 0. The Labute approximate surface area is 215 Å². The van der Waals surface area contributed by atoms with E-state index in [0.717, 1.165) is 25.7 Å². The maximum absolute atomic E-state index is 11.9. The number of hydrogen-bond donors (Lipinski definition) is 0. The van der Waals surface area contributed by atoms with Crippen LogP contribution >= 0.6 is 11.8 Å². The molecule has 0 aromatic heterocycles. The van der Waals surface area contributed by atoms with Crippen LogP contribution in [0, 0.1) is 0 Å². The first-order valence-corrected chi connectivity index (χ1v) is 12.4. The Morgan fingerprint density at radius 2 is 1.06 bits per heavy atom. The summed E-state index contributed by atoms with van der Waals surface area (Å²) in [4.78, 5) is 23.7. The number of rotatable bonds is 20. The van der Waals surface area contributed by atoms with Crippen LogP contribution in [0.15, 0.2) is 0 Å². The molecule has 190 valence electrons. The Morgan fingerprint density at radius 1 is 0.688 bits per heavy atom. The minimum absolute atomic E-state index is 0. The van der Waals surface area contributed by atoms with Gasteiger partial charge in [-0.3, -0.25) is 9.59 Å². The molecular weight excluding hydrogens is 543 g/mol. The molecule has 0 heterocycles. The first kappa shape index (κ1) is 34.1. The van der Waals surface area contributed by atoms with Crippen LogP contribution in [0.1, 0.15) is 80.1 Å². The van der Waals surface area contributed by atoms with E-state index in [-0.39, 0.29) is 48.7 Å². The molecule has 2 radical (unpaired) electrons. The summed E-state index contributed by atoms with van der Waals surface area (Å²) in [5.74, 6) is 0.413. The minimum atomic E-state index is -0.668. The van der Waals surface area contributed by atoms with Gasteiger partial charge in [0.25, 0.3) is 0 Å². The van der Waals surface area contributed by atoms with Crippen LogP contribution in [0.5, 0.6) is 0 Å². The number of carbonyl (C=O) groups excluding carboxylic acids is 2. The van der Waals surface area contributed by atoms with E-state index in [2.05, 4.69) is 13.8 Å². The molecule has 0 aliphatic rings. The van der Waals surface area contributed by atoms with Crippen molar-refractivity contribution in [2.24, 2.45) is 0 Å². The van der Waals surface area contributed by atoms with Crippen molar-refractivity contribution in [3.63, 3.8) is 0 Å². The SMILES string of the molecule is CCCCOC(C)OC(C)OC(=O)CCSCCC(=O)OC(C)OC(C)OCCCC.[SnH2]. The molecule has 4 unspecified atom stereocenters. The fraction of sp³-hybridized carbons (Fsp3) is 0.909. The molecule has 32 heavy (non-hydrogen) atoms. The number of esters is 2. The third-order valence-corrected chi connectivity index (χ3v) is 4.95. The second kappa shape index (κ2) is 22.7. The van der Waals surface area contributed by atoms with Gasteiger partial charge in [0.15, 0.2) is 12.6 Å². The van der Waals surface area contributed by atoms with E-state index >= 15 is 0 Å². The van der Waals surface area contributed by atoms with Crippen molar-refractivity contribution in [1.29, 1.82) is 0 Å². The summed E-state index contributed by atoms with van der Waals surface area (Å²) >= 11 is 1.49. The average molecular weight is 587 g/mol. The van der Waals surface area contributed by atoms with Gasteiger partial charge >= 0.3 is 35.8 Å². The maximum atomic E-state index is 11.9. The molecule has 0 aromatic rings. The van der Waals surface area contributed by atoms with E-state index in [1.807, 2.05) is 0 Å². The van der Waals surface area contributed by atoms with Gasteiger partial charge in [-0.25, -0.2) is 0 Å². The number of carbonyl (C=O) groups is 2. The Hall–Kier alpha value is -0.0713. The molecule has 8 nitrogen and oxygen atoms in total. The first-order chi connectivity index (χ1) is 14.8. The zero-order valence-electron chi connectivity index (χ0n) is 20.8. The zero-order chi connectivity index (χ0) is 23.5.